The fraction of sp³-hybridized carbons (Fsp3) is 0.115. The van der Waals surface area contributed by atoms with Crippen LogP contribution in [0.5, 0.6) is 5.75 Å². The van der Waals surface area contributed by atoms with Gasteiger partial charge in [-0.05, 0) is 59.7 Å². The Balaban J connectivity index is 1.23. The van der Waals surface area contributed by atoms with Crippen LogP contribution in [0.25, 0.3) is 0 Å². The first-order valence-electron chi connectivity index (χ1n) is 10.3. The van der Waals surface area contributed by atoms with Crippen LogP contribution in [0.4, 0.5) is 0 Å². The first kappa shape index (κ1) is 21.6. The zero-order valence-electron chi connectivity index (χ0n) is 17.5. The highest BCUT2D eigenvalue weighted by Gasteiger charge is 2.06. The lowest BCUT2D eigenvalue weighted by molar-refractivity contribution is 0.0951. The van der Waals surface area contributed by atoms with Crippen molar-refractivity contribution >= 4 is 17.7 Å². The summed E-state index contributed by atoms with van der Waals surface area (Å²) >= 11 is 1.72. The molecule has 32 heavy (non-hydrogen) atoms. The smallest absolute Gasteiger partial charge is 0.251 e. The minimum Gasteiger partial charge on any atom is -0.489 e. The number of pyridine rings is 2. The maximum atomic E-state index is 12.5. The summed E-state index contributed by atoms with van der Waals surface area (Å²) < 4.78 is 5.77. The number of rotatable bonds is 9. The number of nitrogens with zero attached hydrogens (tertiary/aromatic N) is 2. The maximum Gasteiger partial charge on any atom is 0.251 e. The highest BCUT2D eigenvalue weighted by atomic mass is 32.2. The van der Waals surface area contributed by atoms with Crippen molar-refractivity contribution in [3.05, 3.63) is 120 Å². The standard InChI is InChI=1S/C26H23N3O2S/c30-26(23-7-11-25(12-8-23)32-19-22-4-2-14-28-16-22)29-17-20-5-9-24(10-6-20)31-18-21-3-1-13-27-15-21/h1-16H,17-19H2,(H,29,30). The van der Waals surface area contributed by atoms with E-state index in [0.29, 0.717) is 18.7 Å². The molecule has 0 atom stereocenters. The van der Waals surface area contributed by atoms with Crippen molar-refractivity contribution < 1.29 is 9.53 Å². The summed E-state index contributed by atoms with van der Waals surface area (Å²) in [5.41, 5.74) is 3.85. The van der Waals surface area contributed by atoms with E-state index in [0.717, 1.165) is 27.5 Å². The minimum atomic E-state index is -0.0919. The van der Waals surface area contributed by atoms with E-state index < -0.39 is 0 Å². The monoisotopic (exact) mass is 441 g/mol. The van der Waals surface area contributed by atoms with Crippen LogP contribution in [0.3, 0.4) is 0 Å². The van der Waals surface area contributed by atoms with Crippen molar-refractivity contribution in [3.63, 3.8) is 0 Å². The minimum absolute atomic E-state index is 0.0919. The predicted molar refractivity (Wildman–Crippen MR) is 126 cm³/mol. The fourth-order valence-electron chi connectivity index (χ4n) is 2.99. The molecule has 2 aromatic heterocycles. The van der Waals surface area contributed by atoms with Crippen LogP contribution in [-0.2, 0) is 18.9 Å². The van der Waals surface area contributed by atoms with Gasteiger partial charge >= 0.3 is 0 Å². The molecule has 0 bridgehead atoms. The van der Waals surface area contributed by atoms with Crippen molar-refractivity contribution in [1.29, 1.82) is 0 Å². The van der Waals surface area contributed by atoms with Crippen molar-refractivity contribution in [2.24, 2.45) is 0 Å². The van der Waals surface area contributed by atoms with Gasteiger partial charge in [-0.15, -0.1) is 11.8 Å². The third-order valence-electron chi connectivity index (χ3n) is 4.75. The average Bonchev–Trinajstić information content (AvgIpc) is 2.87. The summed E-state index contributed by atoms with van der Waals surface area (Å²) in [7, 11) is 0. The fourth-order valence-corrected chi connectivity index (χ4v) is 3.82. The molecule has 0 saturated heterocycles. The van der Waals surface area contributed by atoms with Gasteiger partial charge in [0.05, 0.1) is 0 Å². The lowest BCUT2D eigenvalue weighted by Crippen LogP contribution is -2.22. The number of carbonyl (C=O) groups excluding carboxylic acids is 1. The molecule has 1 amide bonds. The second kappa shape index (κ2) is 11.1. The number of ether oxygens (including phenoxy) is 1. The van der Waals surface area contributed by atoms with Crippen LogP contribution in [0.1, 0.15) is 27.0 Å². The number of thioether (sulfide) groups is 1. The van der Waals surface area contributed by atoms with Gasteiger partial charge in [0, 0.05) is 53.1 Å². The first-order valence-corrected chi connectivity index (χ1v) is 11.3. The zero-order chi connectivity index (χ0) is 22.0. The van der Waals surface area contributed by atoms with E-state index in [2.05, 4.69) is 21.4 Å². The van der Waals surface area contributed by atoms with Crippen molar-refractivity contribution in [3.8, 4) is 5.75 Å². The second-order valence-corrected chi connectivity index (χ2v) is 8.20. The molecule has 0 unspecified atom stereocenters. The van der Waals surface area contributed by atoms with Crippen LogP contribution in [0.2, 0.25) is 0 Å². The van der Waals surface area contributed by atoms with Gasteiger partial charge in [0.25, 0.3) is 5.91 Å². The average molecular weight is 442 g/mol. The van der Waals surface area contributed by atoms with E-state index in [-0.39, 0.29) is 5.91 Å². The van der Waals surface area contributed by atoms with Crippen molar-refractivity contribution in [2.75, 3.05) is 0 Å². The normalized spacial score (nSPS) is 10.5. The van der Waals surface area contributed by atoms with Gasteiger partial charge in [0.2, 0.25) is 0 Å². The third kappa shape index (κ3) is 6.43. The molecule has 2 heterocycles. The summed E-state index contributed by atoms with van der Waals surface area (Å²) in [6.07, 6.45) is 7.17. The number of nitrogens with one attached hydrogen (secondary N) is 1. The summed E-state index contributed by atoms with van der Waals surface area (Å²) in [4.78, 5) is 21.8. The van der Waals surface area contributed by atoms with E-state index in [4.69, 9.17) is 4.74 Å². The second-order valence-electron chi connectivity index (χ2n) is 7.15. The molecule has 0 spiro atoms. The van der Waals surface area contributed by atoms with E-state index in [1.165, 1.54) is 5.56 Å². The Kier molecular flexibility index (Phi) is 7.50. The summed E-state index contributed by atoms with van der Waals surface area (Å²) in [6.45, 7) is 0.930. The molecule has 0 aliphatic carbocycles. The molecule has 0 fully saturated rings. The summed E-state index contributed by atoms with van der Waals surface area (Å²) in [5, 5.41) is 2.97. The van der Waals surface area contributed by atoms with Crippen molar-refractivity contribution in [2.45, 2.75) is 23.8 Å². The Morgan fingerprint density at radius 3 is 2.16 bits per heavy atom. The molecule has 0 aliphatic heterocycles. The Labute approximate surface area is 191 Å². The molecule has 0 saturated carbocycles. The lowest BCUT2D eigenvalue weighted by atomic mass is 10.2. The molecule has 160 valence electrons. The van der Waals surface area contributed by atoms with Gasteiger partial charge < -0.3 is 10.1 Å². The summed E-state index contributed by atoms with van der Waals surface area (Å²) in [6, 6.07) is 23.3. The van der Waals surface area contributed by atoms with E-state index in [1.807, 2.05) is 72.9 Å². The van der Waals surface area contributed by atoms with E-state index in [1.54, 1.807) is 30.4 Å². The lowest BCUT2D eigenvalue weighted by Gasteiger charge is -2.09. The quantitative estimate of drug-likeness (QED) is 0.358. The van der Waals surface area contributed by atoms with Crippen LogP contribution in [-0.4, -0.2) is 15.9 Å². The van der Waals surface area contributed by atoms with Crippen LogP contribution >= 0.6 is 11.8 Å². The number of amides is 1. The molecular weight excluding hydrogens is 418 g/mol. The van der Waals surface area contributed by atoms with Crippen LogP contribution < -0.4 is 10.1 Å². The number of benzene rings is 2. The number of aromatic nitrogens is 2. The number of hydrogen-bond acceptors (Lipinski definition) is 5. The molecule has 6 heteroatoms. The van der Waals surface area contributed by atoms with Gasteiger partial charge in [-0.25, -0.2) is 0 Å². The Morgan fingerprint density at radius 2 is 1.50 bits per heavy atom. The Morgan fingerprint density at radius 1 is 0.812 bits per heavy atom. The van der Waals surface area contributed by atoms with E-state index in [9.17, 15) is 4.79 Å². The Hall–Kier alpha value is -3.64. The molecule has 0 aliphatic rings. The highest BCUT2D eigenvalue weighted by Crippen LogP contribution is 2.22. The molecule has 1 N–H and O–H groups in total. The van der Waals surface area contributed by atoms with Gasteiger partial charge in [0.1, 0.15) is 12.4 Å². The molecule has 4 rings (SSSR count). The maximum absolute atomic E-state index is 12.5. The molecule has 2 aromatic carbocycles. The highest BCUT2D eigenvalue weighted by molar-refractivity contribution is 7.98. The van der Waals surface area contributed by atoms with Crippen LogP contribution in [0.15, 0.2) is 102 Å². The summed E-state index contributed by atoms with van der Waals surface area (Å²) in [5.74, 6) is 1.54. The molecule has 0 radical (unpaired) electrons. The van der Waals surface area contributed by atoms with Gasteiger partial charge in [-0.2, -0.15) is 0 Å². The Bertz CT molecular complexity index is 1120. The van der Waals surface area contributed by atoms with Gasteiger partial charge in [-0.3, -0.25) is 14.8 Å². The molecule has 5 nitrogen and oxygen atoms in total. The van der Waals surface area contributed by atoms with E-state index >= 15 is 0 Å². The topological polar surface area (TPSA) is 64.1 Å². The number of hydrogen-bond donors (Lipinski definition) is 1. The zero-order valence-corrected chi connectivity index (χ0v) is 18.3. The van der Waals surface area contributed by atoms with Gasteiger partial charge in [0.15, 0.2) is 0 Å². The van der Waals surface area contributed by atoms with Crippen molar-refractivity contribution in [1.82, 2.24) is 15.3 Å². The van der Waals surface area contributed by atoms with Crippen LogP contribution in [0, 0.1) is 0 Å². The molecular formula is C26H23N3O2S. The number of carbonyl (C=O) groups is 1. The third-order valence-corrected chi connectivity index (χ3v) is 5.83. The largest absolute Gasteiger partial charge is 0.489 e. The van der Waals surface area contributed by atoms with Gasteiger partial charge in [-0.1, -0.05) is 24.3 Å². The predicted octanol–water partition coefficient (Wildman–Crippen LogP) is 5.28. The first-order chi connectivity index (χ1) is 15.8. The SMILES string of the molecule is O=C(NCc1ccc(OCc2cccnc2)cc1)c1ccc(SCc2cccnc2)cc1. The molecule has 4 aromatic rings.